The lowest BCUT2D eigenvalue weighted by Gasteiger charge is -2.22. The first-order valence-corrected chi connectivity index (χ1v) is 10.6. The molecule has 7 heteroatoms. The molecule has 1 aliphatic rings. The molecule has 0 unspecified atom stereocenters. The molecule has 1 aliphatic carbocycles. The van der Waals surface area contributed by atoms with E-state index in [2.05, 4.69) is 22.4 Å². The van der Waals surface area contributed by atoms with Crippen molar-refractivity contribution in [3.05, 3.63) is 28.8 Å². The van der Waals surface area contributed by atoms with Crippen LogP contribution in [0.4, 0.5) is 0 Å². The van der Waals surface area contributed by atoms with Crippen LogP contribution >= 0.6 is 23.4 Å². The first-order valence-electron chi connectivity index (χ1n) is 9.20. The predicted octanol–water partition coefficient (Wildman–Crippen LogP) is 4.47. The summed E-state index contributed by atoms with van der Waals surface area (Å²) in [5.41, 5.74) is 1.97. The Labute approximate surface area is 163 Å². The van der Waals surface area contributed by atoms with E-state index in [-0.39, 0.29) is 5.91 Å². The van der Waals surface area contributed by atoms with Gasteiger partial charge in [0.1, 0.15) is 0 Å². The molecule has 0 aliphatic heterocycles. The zero-order chi connectivity index (χ0) is 18.5. The predicted molar refractivity (Wildman–Crippen MR) is 107 cm³/mol. The molecule has 1 heterocycles. The number of aryl methyl sites for hydroxylation is 1. The van der Waals surface area contributed by atoms with Gasteiger partial charge < -0.3 is 9.88 Å². The van der Waals surface area contributed by atoms with Gasteiger partial charge >= 0.3 is 0 Å². The van der Waals surface area contributed by atoms with Crippen LogP contribution in [0.25, 0.3) is 11.4 Å². The van der Waals surface area contributed by atoms with Gasteiger partial charge in [0, 0.05) is 23.2 Å². The molecule has 0 radical (unpaired) electrons. The monoisotopic (exact) mass is 392 g/mol. The minimum atomic E-state index is 0.0764. The number of rotatable bonds is 6. The Hall–Kier alpha value is -1.53. The SMILES string of the molecule is CCn1c(SCC(=O)NC2CCCCC2)nnc1-c1ccc(C)c(Cl)c1. The molecule has 2 aromatic rings. The topological polar surface area (TPSA) is 59.8 Å². The lowest BCUT2D eigenvalue weighted by molar-refractivity contribution is -0.119. The lowest BCUT2D eigenvalue weighted by Crippen LogP contribution is -2.37. The highest BCUT2D eigenvalue weighted by Crippen LogP contribution is 2.27. The molecule has 0 spiro atoms. The molecule has 0 saturated heterocycles. The summed E-state index contributed by atoms with van der Waals surface area (Å²) in [5, 5.41) is 13.2. The molecule has 1 saturated carbocycles. The van der Waals surface area contributed by atoms with Crippen molar-refractivity contribution in [1.82, 2.24) is 20.1 Å². The number of carbonyl (C=O) groups excluding carboxylic acids is 1. The third-order valence-electron chi connectivity index (χ3n) is 4.77. The van der Waals surface area contributed by atoms with Crippen molar-refractivity contribution >= 4 is 29.3 Å². The van der Waals surface area contributed by atoms with E-state index >= 15 is 0 Å². The largest absolute Gasteiger partial charge is 0.353 e. The summed E-state index contributed by atoms with van der Waals surface area (Å²) in [7, 11) is 0. The van der Waals surface area contributed by atoms with Gasteiger partial charge in [-0.15, -0.1) is 10.2 Å². The average molecular weight is 393 g/mol. The van der Waals surface area contributed by atoms with E-state index in [1.165, 1.54) is 31.0 Å². The molecular formula is C19H25ClN4OS. The molecule has 3 rings (SSSR count). The van der Waals surface area contributed by atoms with E-state index in [1.807, 2.05) is 29.7 Å². The maximum Gasteiger partial charge on any atom is 0.230 e. The Morgan fingerprint density at radius 1 is 1.31 bits per heavy atom. The molecule has 26 heavy (non-hydrogen) atoms. The van der Waals surface area contributed by atoms with Gasteiger partial charge in [0.2, 0.25) is 5.91 Å². The van der Waals surface area contributed by atoms with Crippen LogP contribution in [0.5, 0.6) is 0 Å². The number of benzene rings is 1. The summed E-state index contributed by atoms with van der Waals surface area (Å²) in [6, 6.07) is 6.24. The van der Waals surface area contributed by atoms with E-state index in [0.29, 0.717) is 16.8 Å². The fraction of sp³-hybridized carbons (Fsp3) is 0.526. The number of carbonyl (C=O) groups is 1. The van der Waals surface area contributed by atoms with Crippen molar-refractivity contribution in [1.29, 1.82) is 0 Å². The van der Waals surface area contributed by atoms with E-state index in [9.17, 15) is 4.79 Å². The van der Waals surface area contributed by atoms with Crippen molar-refractivity contribution in [2.75, 3.05) is 5.75 Å². The quantitative estimate of drug-likeness (QED) is 0.737. The molecule has 1 aromatic heterocycles. The molecule has 1 N–H and O–H groups in total. The van der Waals surface area contributed by atoms with Gasteiger partial charge in [-0.25, -0.2) is 0 Å². The number of hydrogen-bond donors (Lipinski definition) is 1. The summed E-state index contributed by atoms with van der Waals surface area (Å²) in [5.74, 6) is 1.22. The summed E-state index contributed by atoms with van der Waals surface area (Å²) in [6.07, 6.45) is 5.90. The van der Waals surface area contributed by atoms with Gasteiger partial charge in [-0.05, 0) is 38.3 Å². The van der Waals surface area contributed by atoms with Gasteiger partial charge in [-0.1, -0.05) is 54.8 Å². The number of halogens is 1. The van der Waals surface area contributed by atoms with Crippen LogP contribution in [0.1, 0.15) is 44.6 Å². The van der Waals surface area contributed by atoms with Crippen LogP contribution in [0.15, 0.2) is 23.4 Å². The molecule has 5 nitrogen and oxygen atoms in total. The van der Waals surface area contributed by atoms with Crippen LogP contribution in [0.3, 0.4) is 0 Å². The molecule has 1 amide bonds. The van der Waals surface area contributed by atoms with E-state index in [4.69, 9.17) is 11.6 Å². The highest BCUT2D eigenvalue weighted by Gasteiger charge is 2.18. The smallest absolute Gasteiger partial charge is 0.230 e. The Morgan fingerprint density at radius 3 is 2.77 bits per heavy atom. The van der Waals surface area contributed by atoms with Gasteiger partial charge in [-0.2, -0.15) is 0 Å². The Bertz CT molecular complexity index is 771. The van der Waals surface area contributed by atoms with Gasteiger partial charge in [0.15, 0.2) is 11.0 Å². The first-order chi connectivity index (χ1) is 12.6. The maximum absolute atomic E-state index is 12.2. The highest BCUT2D eigenvalue weighted by atomic mass is 35.5. The summed E-state index contributed by atoms with van der Waals surface area (Å²) in [4.78, 5) is 12.2. The van der Waals surface area contributed by atoms with Crippen LogP contribution in [-0.2, 0) is 11.3 Å². The van der Waals surface area contributed by atoms with E-state index in [1.54, 1.807) is 0 Å². The molecule has 0 atom stereocenters. The fourth-order valence-corrected chi connectivity index (χ4v) is 4.27. The first kappa shape index (κ1) is 19.2. The normalized spacial score (nSPS) is 15.2. The number of nitrogens with zero attached hydrogens (tertiary/aromatic N) is 3. The zero-order valence-corrected chi connectivity index (χ0v) is 16.9. The number of aromatic nitrogens is 3. The molecular weight excluding hydrogens is 368 g/mol. The highest BCUT2D eigenvalue weighted by molar-refractivity contribution is 7.99. The Kier molecular flexibility index (Phi) is 6.59. The van der Waals surface area contributed by atoms with Crippen molar-refractivity contribution in [3.8, 4) is 11.4 Å². The Balaban J connectivity index is 1.66. The second-order valence-corrected chi connectivity index (χ2v) is 8.06. The Morgan fingerprint density at radius 2 is 2.08 bits per heavy atom. The van der Waals surface area contributed by atoms with E-state index < -0.39 is 0 Å². The number of amides is 1. The van der Waals surface area contributed by atoms with Crippen molar-refractivity contribution in [3.63, 3.8) is 0 Å². The van der Waals surface area contributed by atoms with E-state index in [0.717, 1.165) is 41.5 Å². The number of nitrogens with one attached hydrogen (secondary N) is 1. The van der Waals surface area contributed by atoms with Gasteiger partial charge in [0.05, 0.1) is 5.75 Å². The third kappa shape index (κ3) is 4.60. The standard InChI is InChI=1S/C19H25ClN4OS/c1-3-24-18(14-10-9-13(2)16(20)11-14)22-23-19(24)26-12-17(25)21-15-7-5-4-6-8-15/h9-11,15H,3-8,12H2,1-2H3,(H,21,25). The second-order valence-electron chi connectivity index (χ2n) is 6.71. The molecule has 1 aromatic carbocycles. The van der Waals surface area contributed by atoms with Crippen LogP contribution < -0.4 is 5.32 Å². The number of thioether (sulfide) groups is 1. The molecule has 0 bridgehead atoms. The summed E-state index contributed by atoms with van der Waals surface area (Å²) in [6.45, 7) is 4.76. The minimum Gasteiger partial charge on any atom is -0.353 e. The van der Waals surface area contributed by atoms with Gasteiger partial charge in [0.25, 0.3) is 0 Å². The molecule has 140 valence electrons. The van der Waals surface area contributed by atoms with Crippen molar-refractivity contribution < 1.29 is 4.79 Å². The maximum atomic E-state index is 12.2. The van der Waals surface area contributed by atoms with Crippen LogP contribution in [0, 0.1) is 6.92 Å². The molecule has 1 fully saturated rings. The van der Waals surface area contributed by atoms with Crippen molar-refractivity contribution in [2.45, 2.75) is 63.7 Å². The van der Waals surface area contributed by atoms with Crippen molar-refractivity contribution in [2.24, 2.45) is 0 Å². The average Bonchev–Trinajstić information content (AvgIpc) is 3.06. The zero-order valence-electron chi connectivity index (χ0n) is 15.3. The van der Waals surface area contributed by atoms with Crippen LogP contribution in [0.2, 0.25) is 5.02 Å². The lowest BCUT2D eigenvalue weighted by atomic mass is 9.95. The van der Waals surface area contributed by atoms with Crippen LogP contribution in [-0.4, -0.2) is 32.5 Å². The van der Waals surface area contributed by atoms with Gasteiger partial charge in [-0.3, -0.25) is 4.79 Å². The fourth-order valence-electron chi connectivity index (χ4n) is 3.27. The third-order valence-corrected chi connectivity index (χ3v) is 6.14. The summed E-state index contributed by atoms with van der Waals surface area (Å²) >= 11 is 7.68. The number of hydrogen-bond acceptors (Lipinski definition) is 4. The second kappa shape index (κ2) is 8.91. The summed E-state index contributed by atoms with van der Waals surface area (Å²) < 4.78 is 2.03. The minimum absolute atomic E-state index is 0.0764.